The van der Waals surface area contributed by atoms with Gasteiger partial charge in [0.2, 0.25) is 0 Å². The lowest BCUT2D eigenvalue weighted by molar-refractivity contribution is 0.355. The molecule has 6 aromatic rings. The Morgan fingerprint density at radius 3 is 2.48 bits per heavy atom. The van der Waals surface area contributed by atoms with E-state index in [1.54, 1.807) is 14.2 Å². The number of pyridine rings is 1. The molecule has 0 fully saturated rings. The Bertz CT molecular complexity index is 1590. The number of aromatic nitrogens is 3. The fraction of sp³-hybridized carbons (Fsp3) is 0.125. The minimum Gasteiger partial charge on any atom is -0.493 e. The molecule has 0 radical (unpaired) electrons. The molecular weight excluding hydrogens is 362 g/mol. The topological polar surface area (TPSA) is 51.5 Å². The molecule has 0 unspecified atom stereocenters. The molecule has 0 aliphatic carbocycles. The van der Waals surface area contributed by atoms with Gasteiger partial charge in [0.25, 0.3) is 0 Å². The average molecular weight is 381 g/mol. The van der Waals surface area contributed by atoms with Gasteiger partial charge in [-0.05, 0) is 25.1 Å². The number of methoxy groups -OCH3 is 2. The molecule has 142 valence electrons. The van der Waals surface area contributed by atoms with Gasteiger partial charge in [-0.25, -0.2) is 4.98 Å². The Labute approximate surface area is 166 Å². The van der Waals surface area contributed by atoms with Crippen LogP contribution in [0.1, 0.15) is 5.56 Å². The molecule has 5 nitrogen and oxygen atoms in total. The van der Waals surface area contributed by atoms with Crippen molar-refractivity contribution in [3.05, 3.63) is 60.2 Å². The molecule has 3 heterocycles. The molecule has 3 aromatic carbocycles. The lowest BCUT2D eigenvalue weighted by Gasteiger charge is -2.08. The van der Waals surface area contributed by atoms with E-state index < -0.39 is 0 Å². The smallest absolute Gasteiger partial charge is 0.163 e. The predicted molar refractivity (Wildman–Crippen MR) is 117 cm³/mol. The number of hydrogen-bond donors (Lipinski definition) is 1. The molecule has 3 aromatic heterocycles. The highest BCUT2D eigenvalue weighted by molar-refractivity contribution is 6.23. The van der Waals surface area contributed by atoms with Crippen molar-refractivity contribution in [3.63, 3.8) is 0 Å². The number of H-pyrrole nitrogens is 1. The molecule has 0 amide bonds. The largest absolute Gasteiger partial charge is 0.493 e. The van der Waals surface area contributed by atoms with Crippen molar-refractivity contribution in [2.75, 3.05) is 14.2 Å². The second-order valence-corrected chi connectivity index (χ2v) is 7.41. The van der Waals surface area contributed by atoms with Gasteiger partial charge < -0.3 is 14.5 Å². The summed E-state index contributed by atoms with van der Waals surface area (Å²) in [5, 5.41) is 3.49. The summed E-state index contributed by atoms with van der Waals surface area (Å²) < 4.78 is 13.3. The SMILES string of the molecule is COc1cc2nc3c4c5cc(C)ccc5[nH]c4c4ccccc4n3c2cc1OC. The van der Waals surface area contributed by atoms with E-state index in [1.165, 1.54) is 10.9 Å². The fourth-order valence-electron chi connectivity index (χ4n) is 4.44. The maximum absolute atomic E-state index is 5.56. The predicted octanol–water partition coefficient (Wildman–Crippen LogP) is 5.60. The number of rotatable bonds is 2. The molecular formula is C24H19N3O2. The van der Waals surface area contributed by atoms with Crippen LogP contribution in [0.2, 0.25) is 0 Å². The van der Waals surface area contributed by atoms with Gasteiger partial charge in [-0.15, -0.1) is 0 Å². The van der Waals surface area contributed by atoms with Crippen molar-refractivity contribution >= 4 is 49.4 Å². The highest BCUT2D eigenvalue weighted by atomic mass is 16.5. The zero-order valence-electron chi connectivity index (χ0n) is 16.4. The molecule has 5 heteroatoms. The maximum Gasteiger partial charge on any atom is 0.163 e. The van der Waals surface area contributed by atoms with E-state index in [4.69, 9.17) is 14.5 Å². The van der Waals surface area contributed by atoms with Crippen molar-refractivity contribution in [1.82, 2.24) is 14.4 Å². The number of benzene rings is 3. The van der Waals surface area contributed by atoms with Gasteiger partial charge in [-0.3, -0.25) is 4.40 Å². The van der Waals surface area contributed by atoms with E-state index in [0.29, 0.717) is 11.5 Å². The van der Waals surface area contributed by atoms with Crippen LogP contribution in [0.3, 0.4) is 0 Å². The van der Waals surface area contributed by atoms with E-state index in [1.807, 2.05) is 12.1 Å². The third-order valence-corrected chi connectivity index (χ3v) is 5.75. The monoisotopic (exact) mass is 381 g/mol. The second kappa shape index (κ2) is 5.64. The Morgan fingerprint density at radius 1 is 0.862 bits per heavy atom. The molecule has 0 aliphatic rings. The van der Waals surface area contributed by atoms with Gasteiger partial charge in [0, 0.05) is 28.4 Å². The van der Waals surface area contributed by atoms with Crippen LogP contribution in [0.4, 0.5) is 0 Å². The van der Waals surface area contributed by atoms with Crippen LogP contribution in [0.25, 0.3) is 49.4 Å². The van der Waals surface area contributed by atoms with Gasteiger partial charge in [-0.2, -0.15) is 0 Å². The number of imidazole rings is 1. The normalized spacial score (nSPS) is 12.0. The van der Waals surface area contributed by atoms with Crippen LogP contribution in [0.15, 0.2) is 54.6 Å². The number of nitrogens with zero attached hydrogens (tertiary/aromatic N) is 2. The number of para-hydroxylation sites is 1. The number of hydrogen-bond acceptors (Lipinski definition) is 3. The molecule has 0 atom stereocenters. The molecule has 6 rings (SSSR count). The molecule has 0 saturated carbocycles. The zero-order chi connectivity index (χ0) is 19.7. The van der Waals surface area contributed by atoms with Crippen LogP contribution < -0.4 is 9.47 Å². The molecule has 0 aliphatic heterocycles. The van der Waals surface area contributed by atoms with Gasteiger partial charge in [0.1, 0.15) is 5.65 Å². The first kappa shape index (κ1) is 16.2. The van der Waals surface area contributed by atoms with Crippen molar-refractivity contribution < 1.29 is 9.47 Å². The first-order valence-electron chi connectivity index (χ1n) is 9.56. The second-order valence-electron chi connectivity index (χ2n) is 7.41. The highest BCUT2D eigenvalue weighted by Gasteiger charge is 2.19. The standard InChI is InChI=1S/C24H19N3O2/c1-13-8-9-16-15(10-13)22-23(25-16)14-6-4-5-7-18(14)27-19-12-21(29-3)20(28-2)11-17(19)26-24(22)27/h4-12,25H,1-3H3. The minimum atomic E-state index is 0.679. The summed E-state index contributed by atoms with van der Waals surface area (Å²) in [7, 11) is 3.31. The van der Waals surface area contributed by atoms with Crippen molar-refractivity contribution in [1.29, 1.82) is 0 Å². The number of fused-ring (bicyclic) bond motifs is 10. The fourth-order valence-corrected chi connectivity index (χ4v) is 4.44. The van der Waals surface area contributed by atoms with Crippen molar-refractivity contribution in [2.24, 2.45) is 0 Å². The van der Waals surface area contributed by atoms with Gasteiger partial charge in [-0.1, -0.05) is 29.8 Å². The van der Waals surface area contributed by atoms with Crippen molar-refractivity contribution in [3.8, 4) is 11.5 Å². The highest BCUT2D eigenvalue weighted by Crippen LogP contribution is 2.39. The maximum atomic E-state index is 5.56. The molecule has 0 saturated heterocycles. The van der Waals surface area contributed by atoms with E-state index >= 15 is 0 Å². The number of aromatic amines is 1. The van der Waals surface area contributed by atoms with Gasteiger partial charge in [0.15, 0.2) is 11.5 Å². The Balaban J connectivity index is 1.95. The Kier molecular flexibility index (Phi) is 3.16. The van der Waals surface area contributed by atoms with Crippen molar-refractivity contribution in [2.45, 2.75) is 6.92 Å². The summed E-state index contributed by atoms with van der Waals surface area (Å²) in [4.78, 5) is 8.66. The average Bonchev–Trinajstić information content (AvgIpc) is 3.30. The van der Waals surface area contributed by atoms with E-state index in [9.17, 15) is 0 Å². The van der Waals surface area contributed by atoms with E-state index in [0.717, 1.165) is 44.0 Å². The van der Waals surface area contributed by atoms with E-state index in [-0.39, 0.29) is 0 Å². The Hall–Kier alpha value is -3.73. The van der Waals surface area contributed by atoms with Crippen LogP contribution in [-0.4, -0.2) is 28.6 Å². The number of aryl methyl sites for hydroxylation is 1. The third-order valence-electron chi connectivity index (χ3n) is 5.75. The summed E-state index contributed by atoms with van der Waals surface area (Å²) in [6.45, 7) is 2.12. The first-order valence-corrected chi connectivity index (χ1v) is 9.56. The lowest BCUT2D eigenvalue weighted by Crippen LogP contribution is -1.92. The molecule has 0 bridgehead atoms. The summed E-state index contributed by atoms with van der Waals surface area (Å²) in [6, 6.07) is 18.9. The van der Waals surface area contributed by atoms with Crippen LogP contribution in [0.5, 0.6) is 11.5 Å². The Morgan fingerprint density at radius 2 is 1.66 bits per heavy atom. The number of ether oxygens (including phenoxy) is 2. The van der Waals surface area contributed by atoms with Gasteiger partial charge >= 0.3 is 0 Å². The third kappa shape index (κ3) is 2.07. The summed E-state index contributed by atoms with van der Waals surface area (Å²) in [6.07, 6.45) is 0. The van der Waals surface area contributed by atoms with Crippen LogP contribution in [0, 0.1) is 6.92 Å². The summed E-state index contributed by atoms with van der Waals surface area (Å²) in [5.41, 5.74) is 7.37. The molecule has 1 N–H and O–H groups in total. The van der Waals surface area contributed by atoms with Crippen LogP contribution in [-0.2, 0) is 0 Å². The van der Waals surface area contributed by atoms with E-state index in [2.05, 4.69) is 58.8 Å². The molecule has 29 heavy (non-hydrogen) atoms. The summed E-state index contributed by atoms with van der Waals surface area (Å²) >= 11 is 0. The first-order chi connectivity index (χ1) is 14.2. The van der Waals surface area contributed by atoms with Gasteiger partial charge in [0.05, 0.1) is 41.7 Å². The zero-order valence-corrected chi connectivity index (χ0v) is 16.4. The lowest BCUT2D eigenvalue weighted by atomic mass is 10.1. The number of nitrogens with one attached hydrogen (secondary N) is 1. The minimum absolute atomic E-state index is 0.679. The summed E-state index contributed by atoms with van der Waals surface area (Å²) in [5.74, 6) is 1.37. The van der Waals surface area contributed by atoms with Crippen LogP contribution >= 0.6 is 0 Å². The quantitative estimate of drug-likeness (QED) is 0.425. The molecule has 0 spiro atoms.